The molecule has 0 atom stereocenters. The normalized spacial score (nSPS) is 16.3. The average molecular weight is 263 g/mol. The van der Waals surface area contributed by atoms with Crippen LogP contribution in [0.1, 0.15) is 37.3 Å². The van der Waals surface area contributed by atoms with Crippen LogP contribution in [0.2, 0.25) is 5.15 Å². The van der Waals surface area contributed by atoms with E-state index in [4.69, 9.17) is 11.6 Å². The van der Waals surface area contributed by atoms with E-state index in [9.17, 15) is 0 Å². The van der Waals surface area contributed by atoms with Crippen molar-refractivity contribution in [1.29, 1.82) is 0 Å². The summed E-state index contributed by atoms with van der Waals surface area (Å²) < 4.78 is 1.77. The zero-order valence-electron chi connectivity index (χ0n) is 10.3. The van der Waals surface area contributed by atoms with Crippen LogP contribution in [0.5, 0.6) is 0 Å². The lowest BCUT2D eigenvalue weighted by molar-refractivity contribution is 0.692. The van der Waals surface area contributed by atoms with Gasteiger partial charge in [0.2, 0.25) is 0 Å². The van der Waals surface area contributed by atoms with E-state index in [2.05, 4.69) is 15.1 Å². The van der Waals surface area contributed by atoms with Gasteiger partial charge in [-0.2, -0.15) is 5.10 Å². The van der Waals surface area contributed by atoms with E-state index in [1.165, 1.54) is 25.7 Å². The largest absolute Gasteiger partial charge is 0.265 e. The molecule has 0 N–H and O–H groups in total. The van der Waals surface area contributed by atoms with E-state index in [0.717, 1.165) is 11.4 Å². The van der Waals surface area contributed by atoms with Crippen LogP contribution in [0.4, 0.5) is 0 Å². The molecule has 2 heterocycles. The van der Waals surface area contributed by atoms with E-state index >= 15 is 0 Å². The zero-order chi connectivity index (χ0) is 12.5. The van der Waals surface area contributed by atoms with E-state index in [-0.39, 0.29) is 0 Å². The highest BCUT2D eigenvalue weighted by molar-refractivity contribution is 6.29. The van der Waals surface area contributed by atoms with Crippen molar-refractivity contribution >= 4 is 11.6 Å². The first-order chi connectivity index (χ1) is 8.74. The standard InChI is InChI=1S/C13H15ClN4/c1-18-11(6-7-15-18)13-16-10(8-12(14)17-13)9-4-2-3-5-9/h6-9H,2-5H2,1H3. The van der Waals surface area contributed by atoms with Crippen molar-refractivity contribution in [3.05, 3.63) is 29.2 Å². The number of nitrogens with zero attached hydrogens (tertiary/aromatic N) is 4. The SMILES string of the molecule is Cn1nccc1-c1nc(Cl)cc(C2CCCC2)n1. The van der Waals surface area contributed by atoms with Crippen molar-refractivity contribution in [2.24, 2.45) is 7.05 Å². The minimum absolute atomic E-state index is 0.517. The van der Waals surface area contributed by atoms with E-state index in [1.807, 2.05) is 19.2 Å². The van der Waals surface area contributed by atoms with E-state index in [0.29, 0.717) is 16.9 Å². The molecule has 1 fully saturated rings. The van der Waals surface area contributed by atoms with Gasteiger partial charge in [0.15, 0.2) is 5.82 Å². The quantitative estimate of drug-likeness (QED) is 0.781. The fraction of sp³-hybridized carbons (Fsp3) is 0.462. The molecule has 2 aromatic rings. The molecule has 1 aliphatic carbocycles. The van der Waals surface area contributed by atoms with Crippen molar-refractivity contribution in [3.8, 4) is 11.5 Å². The summed E-state index contributed by atoms with van der Waals surface area (Å²) in [5.74, 6) is 1.21. The summed E-state index contributed by atoms with van der Waals surface area (Å²) in [5.41, 5.74) is 1.97. The lowest BCUT2D eigenvalue weighted by atomic mass is 10.0. The first-order valence-corrected chi connectivity index (χ1v) is 6.64. The number of halogens is 1. The molecule has 0 aromatic carbocycles. The predicted molar refractivity (Wildman–Crippen MR) is 70.5 cm³/mol. The molecule has 5 heteroatoms. The Kier molecular flexibility index (Phi) is 3.04. The van der Waals surface area contributed by atoms with Gasteiger partial charge in [-0.25, -0.2) is 9.97 Å². The van der Waals surface area contributed by atoms with Gasteiger partial charge in [-0.05, 0) is 25.0 Å². The molecule has 0 bridgehead atoms. The maximum atomic E-state index is 6.12. The minimum atomic E-state index is 0.517. The summed E-state index contributed by atoms with van der Waals surface area (Å²) in [6.45, 7) is 0. The van der Waals surface area contributed by atoms with Crippen molar-refractivity contribution < 1.29 is 0 Å². The Hall–Kier alpha value is -1.42. The Morgan fingerprint density at radius 3 is 2.72 bits per heavy atom. The Bertz CT molecular complexity index is 558. The monoisotopic (exact) mass is 262 g/mol. The van der Waals surface area contributed by atoms with Gasteiger partial charge in [0.25, 0.3) is 0 Å². The number of aryl methyl sites for hydroxylation is 1. The van der Waals surface area contributed by atoms with Crippen LogP contribution in [0.15, 0.2) is 18.3 Å². The third-order valence-corrected chi connectivity index (χ3v) is 3.73. The van der Waals surface area contributed by atoms with Crippen LogP contribution in [-0.2, 0) is 7.05 Å². The molecular weight excluding hydrogens is 248 g/mol. The van der Waals surface area contributed by atoms with Gasteiger partial charge in [0.05, 0.1) is 0 Å². The number of aromatic nitrogens is 4. The van der Waals surface area contributed by atoms with Gasteiger partial charge < -0.3 is 0 Å². The van der Waals surface area contributed by atoms with Crippen molar-refractivity contribution in [1.82, 2.24) is 19.7 Å². The Morgan fingerprint density at radius 1 is 1.28 bits per heavy atom. The van der Waals surface area contributed by atoms with Gasteiger partial charge >= 0.3 is 0 Å². The predicted octanol–water partition coefficient (Wildman–Crippen LogP) is 3.19. The first-order valence-electron chi connectivity index (χ1n) is 6.27. The summed E-state index contributed by atoms with van der Waals surface area (Å²) in [7, 11) is 1.88. The molecule has 1 saturated carbocycles. The molecule has 94 valence electrons. The third kappa shape index (κ3) is 2.12. The first kappa shape index (κ1) is 11.7. The maximum absolute atomic E-state index is 6.12. The topological polar surface area (TPSA) is 43.6 Å². The number of hydrogen-bond donors (Lipinski definition) is 0. The van der Waals surface area contributed by atoms with Gasteiger partial charge in [-0.3, -0.25) is 4.68 Å². The summed E-state index contributed by atoms with van der Waals surface area (Å²) in [5, 5.41) is 4.66. The molecule has 18 heavy (non-hydrogen) atoms. The Labute approximate surface area is 111 Å². The molecule has 0 aliphatic heterocycles. The molecule has 1 aliphatic rings. The summed E-state index contributed by atoms with van der Waals surface area (Å²) in [4.78, 5) is 8.96. The summed E-state index contributed by atoms with van der Waals surface area (Å²) in [6.07, 6.45) is 6.73. The van der Waals surface area contributed by atoms with Crippen LogP contribution in [0.25, 0.3) is 11.5 Å². The second-order valence-electron chi connectivity index (χ2n) is 4.76. The zero-order valence-corrected chi connectivity index (χ0v) is 11.1. The minimum Gasteiger partial charge on any atom is -0.265 e. The van der Waals surface area contributed by atoms with Crippen molar-refractivity contribution in [3.63, 3.8) is 0 Å². The van der Waals surface area contributed by atoms with Gasteiger partial charge in [0, 0.05) is 24.9 Å². The molecule has 0 spiro atoms. The maximum Gasteiger partial charge on any atom is 0.179 e. The number of hydrogen-bond acceptors (Lipinski definition) is 3. The lowest BCUT2D eigenvalue weighted by Crippen LogP contribution is -2.03. The average Bonchev–Trinajstić information content (AvgIpc) is 2.98. The smallest absolute Gasteiger partial charge is 0.179 e. The van der Waals surface area contributed by atoms with Crippen LogP contribution in [0, 0.1) is 0 Å². The fourth-order valence-corrected chi connectivity index (χ4v) is 2.77. The molecule has 3 rings (SSSR count). The van der Waals surface area contributed by atoms with Gasteiger partial charge in [-0.1, -0.05) is 24.4 Å². The van der Waals surface area contributed by atoms with Crippen LogP contribution >= 0.6 is 11.6 Å². The lowest BCUT2D eigenvalue weighted by Gasteiger charge is -2.10. The highest BCUT2D eigenvalue weighted by Crippen LogP contribution is 2.34. The van der Waals surface area contributed by atoms with E-state index < -0.39 is 0 Å². The summed E-state index contributed by atoms with van der Waals surface area (Å²) in [6, 6.07) is 3.81. The van der Waals surface area contributed by atoms with Crippen LogP contribution in [0.3, 0.4) is 0 Å². The molecule has 0 amide bonds. The second kappa shape index (κ2) is 4.69. The molecule has 2 aromatic heterocycles. The van der Waals surface area contributed by atoms with Crippen molar-refractivity contribution in [2.45, 2.75) is 31.6 Å². The highest BCUT2D eigenvalue weighted by atomic mass is 35.5. The van der Waals surface area contributed by atoms with Gasteiger partial charge in [0.1, 0.15) is 10.8 Å². The second-order valence-corrected chi connectivity index (χ2v) is 5.15. The van der Waals surface area contributed by atoms with Crippen LogP contribution < -0.4 is 0 Å². The molecule has 0 saturated heterocycles. The van der Waals surface area contributed by atoms with E-state index in [1.54, 1.807) is 10.9 Å². The van der Waals surface area contributed by atoms with Crippen LogP contribution in [-0.4, -0.2) is 19.7 Å². The molecule has 4 nitrogen and oxygen atoms in total. The van der Waals surface area contributed by atoms with Crippen molar-refractivity contribution in [2.75, 3.05) is 0 Å². The third-order valence-electron chi connectivity index (χ3n) is 3.54. The molecule has 0 unspecified atom stereocenters. The van der Waals surface area contributed by atoms with Gasteiger partial charge in [-0.15, -0.1) is 0 Å². The highest BCUT2D eigenvalue weighted by Gasteiger charge is 2.20. The molecular formula is C13H15ClN4. The Balaban J connectivity index is 2.03. The number of rotatable bonds is 2. The summed E-state index contributed by atoms with van der Waals surface area (Å²) >= 11 is 6.12. The Morgan fingerprint density at radius 2 is 2.06 bits per heavy atom. The molecule has 0 radical (unpaired) electrons. The fourth-order valence-electron chi connectivity index (χ4n) is 2.57.